The Hall–Kier alpha value is -6.60. The summed E-state index contributed by atoms with van der Waals surface area (Å²) in [5.41, 5.74) is 5.13. The number of thiazole rings is 1. The van der Waals surface area contributed by atoms with E-state index in [1.165, 1.54) is 18.0 Å². The van der Waals surface area contributed by atoms with E-state index < -0.39 is 69.7 Å². The van der Waals surface area contributed by atoms with Crippen molar-refractivity contribution >= 4 is 68.5 Å². The third kappa shape index (κ3) is 12.4. The molecule has 4 fully saturated rings. The zero-order valence-electron chi connectivity index (χ0n) is 48.6. The third-order valence-electron chi connectivity index (χ3n) is 17.0. The molecule has 0 radical (unpaired) electrons. The second-order valence-corrected chi connectivity index (χ2v) is 25.7. The van der Waals surface area contributed by atoms with Gasteiger partial charge in [-0.15, -0.1) is 11.3 Å². The zero-order valence-corrected chi connectivity index (χ0v) is 50.2. The fourth-order valence-electron chi connectivity index (χ4n) is 12.9. The van der Waals surface area contributed by atoms with E-state index in [0.717, 1.165) is 82.6 Å². The fraction of sp³-hybridized carbons (Fsp3) is 0.475. The summed E-state index contributed by atoms with van der Waals surface area (Å²) in [5, 5.41) is 19.1. The lowest BCUT2D eigenvalue weighted by Gasteiger charge is -2.49. The van der Waals surface area contributed by atoms with Gasteiger partial charge in [-0.2, -0.15) is 0 Å². The van der Waals surface area contributed by atoms with Gasteiger partial charge in [-0.25, -0.2) is 37.6 Å². The molecule has 7 heterocycles. The zero-order chi connectivity index (χ0) is 60.1. The first-order chi connectivity index (χ1) is 40.0. The van der Waals surface area contributed by atoms with Crippen molar-refractivity contribution in [1.82, 2.24) is 45.1 Å². The number of piperazine rings is 1. The van der Waals surface area contributed by atoms with Gasteiger partial charge in [0, 0.05) is 106 Å². The minimum atomic E-state index is -3.09. The van der Waals surface area contributed by atoms with Gasteiger partial charge in [0.1, 0.15) is 35.4 Å². The second kappa shape index (κ2) is 24.8. The second-order valence-electron chi connectivity index (χ2n) is 24.1. The maximum atomic E-state index is 16.2. The smallest absolute Gasteiger partial charge is 0.248 e. The van der Waals surface area contributed by atoms with E-state index in [2.05, 4.69) is 43.9 Å². The molecule has 10 rings (SSSR count). The number of hydrogen-bond acceptors (Lipinski definition) is 14. The number of benzene rings is 3. The number of carbonyl (C=O) groups is 4. The van der Waals surface area contributed by atoms with Crippen molar-refractivity contribution < 1.29 is 46.2 Å². The monoisotopic (exact) mass is 1190 g/mol. The van der Waals surface area contributed by atoms with Crippen LogP contribution in [0.4, 0.5) is 24.5 Å². The van der Waals surface area contributed by atoms with Crippen LogP contribution < -0.4 is 14.6 Å². The van der Waals surface area contributed by atoms with Crippen LogP contribution in [0, 0.1) is 29.9 Å². The van der Waals surface area contributed by atoms with Gasteiger partial charge in [-0.3, -0.25) is 33.3 Å². The van der Waals surface area contributed by atoms with E-state index >= 15 is 8.78 Å². The number of rotatable bonds is 16. The molecule has 0 bridgehead atoms. The maximum Gasteiger partial charge on any atom is 0.248 e. The summed E-state index contributed by atoms with van der Waals surface area (Å²) in [6, 6.07) is 17.5. The Morgan fingerprint density at radius 1 is 0.905 bits per heavy atom. The van der Waals surface area contributed by atoms with Gasteiger partial charge in [0.05, 0.1) is 51.6 Å². The number of halogens is 3. The highest BCUT2D eigenvalue weighted by atomic mass is 32.2. The molecule has 1 unspecified atom stereocenters. The highest BCUT2D eigenvalue weighted by Gasteiger charge is 2.49. The molecule has 3 aromatic heterocycles. The van der Waals surface area contributed by atoms with Crippen LogP contribution >= 0.6 is 11.3 Å². The minimum Gasteiger partial charge on any atom is -0.754 e. The number of H-pyrrole nitrogens is 1. The molecular formula is C61H73F3N11O7S2-. The first-order valence-corrected chi connectivity index (χ1v) is 30.6. The summed E-state index contributed by atoms with van der Waals surface area (Å²) in [6.45, 7) is 18.8. The van der Waals surface area contributed by atoms with Crippen LogP contribution in [0.15, 0.2) is 84.6 Å². The Balaban J connectivity index is 0.756. The van der Waals surface area contributed by atoms with E-state index in [1.807, 2.05) is 93.7 Å². The number of ketones is 1. The number of nitrogens with zero attached hydrogens (tertiary/aromatic N) is 9. The summed E-state index contributed by atoms with van der Waals surface area (Å²) in [5.74, 6) is -4.25. The molecule has 18 nitrogen and oxygen atoms in total. The number of hydrogen-bond donors (Lipinski definition) is 3. The van der Waals surface area contributed by atoms with Crippen molar-refractivity contribution in [1.29, 1.82) is 0 Å². The topological polar surface area (TPSA) is 205 Å². The molecule has 0 spiro atoms. The number of aromatic nitrogens is 3. The number of pyridine rings is 1. The van der Waals surface area contributed by atoms with Gasteiger partial charge in [0.2, 0.25) is 23.5 Å². The van der Waals surface area contributed by atoms with E-state index in [0.29, 0.717) is 40.0 Å². The van der Waals surface area contributed by atoms with Gasteiger partial charge in [-0.1, -0.05) is 57.2 Å². The summed E-state index contributed by atoms with van der Waals surface area (Å²) in [6.07, 6.45) is 2.45. The molecule has 6 aromatic rings. The molecular weight excluding hydrogens is 1120 g/mol. The van der Waals surface area contributed by atoms with Gasteiger partial charge < -0.3 is 29.8 Å². The molecule has 8 atom stereocenters. The van der Waals surface area contributed by atoms with Crippen LogP contribution in [0.2, 0.25) is 0 Å². The normalized spacial score (nSPS) is 22.3. The number of aryl methyl sites for hydroxylation is 1. The van der Waals surface area contributed by atoms with E-state index in [-0.39, 0.29) is 73.9 Å². The number of alkyl halides is 1. The molecule has 3 N–H and O–H groups in total. The van der Waals surface area contributed by atoms with E-state index in [4.69, 9.17) is 0 Å². The lowest BCUT2D eigenvalue weighted by atomic mass is 9.84. The molecule has 448 valence electrons. The highest BCUT2D eigenvalue weighted by molar-refractivity contribution is 7.80. The molecule has 0 aliphatic carbocycles. The number of aliphatic hydroxyl groups is 1. The summed E-state index contributed by atoms with van der Waals surface area (Å²) >= 11 is -1.52. The number of piperidine rings is 1. The van der Waals surface area contributed by atoms with E-state index in [1.54, 1.807) is 28.6 Å². The standard InChI is InChI=1S/C61H74F3N11O7S2/c1-35-29-69(30-36(2)73(35)46-15-13-42(14-16-46)44-25-48-49(28-66-58(48)65-27-44)55(78)53-50(63)17-18-51(54(53)64)75(84(81)82)71-24-21-45(62)32-71)31-40-19-22-70(23-20-40)74(39(5)76)57(61(6,7)8)60(80)72-33-47(77)26-52(72)59(79)68-37(3)41-9-11-43(12-10-41)56-38(4)67-34-83-56/h9-18,25,27-28,34-37,40,45,47,52,57,77H,19-24,26,29-33H2,1-8H3,(H,65,66)(H,68,79)(H,81,82)/p-1/t35-,36+,37-,45+,47+,52-,57+/m0/s1. The van der Waals surface area contributed by atoms with Crippen molar-refractivity contribution in [3.05, 3.63) is 119 Å². The summed E-state index contributed by atoms with van der Waals surface area (Å²) < 4.78 is 70.7. The van der Waals surface area contributed by atoms with Crippen molar-refractivity contribution in [3.8, 4) is 21.6 Å². The van der Waals surface area contributed by atoms with Crippen LogP contribution in [-0.2, 0) is 25.7 Å². The Morgan fingerprint density at radius 3 is 2.18 bits per heavy atom. The van der Waals surface area contributed by atoms with E-state index in [9.17, 15) is 37.4 Å². The molecule has 84 heavy (non-hydrogen) atoms. The SMILES string of the molecule is CC(=O)N([C@H](C(=O)N1C[C@H](O)C[C@H]1C(=O)N[C@@H](C)c1ccc(-c2scnc2C)cc1)C(C)(C)C)N1CCC(CN2C[C@@H](C)N(c3ccc(-c4cnc5[nH]cc(C(=O)c6c(F)ccc(N(N7CC[C@@H](F)C7)S(=O)[O-])c6F)c5c4)cc3)[C@@H](C)C2)CC1. The summed E-state index contributed by atoms with van der Waals surface area (Å²) in [7, 11) is 0. The largest absolute Gasteiger partial charge is 0.754 e. The number of amides is 3. The van der Waals surface area contributed by atoms with Crippen LogP contribution in [-0.4, -0.2) is 166 Å². The average molecular weight is 1190 g/mol. The van der Waals surface area contributed by atoms with Gasteiger partial charge >= 0.3 is 0 Å². The molecule has 23 heteroatoms. The first kappa shape index (κ1) is 60.5. The Morgan fingerprint density at radius 2 is 1.57 bits per heavy atom. The van der Waals surface area contributed by atoms with Crippen molar-refractivity contribution in [2.45, 2.75) is 124 Å². The van der Waals surface area contributed by atoms with Crippen molar-refractivity contribution in [3.63, 3.8) is 0 Å². The number of anilines is 2. The molecule has 4 saturated heterocycles. The lowest BCUT2D eigenvalue weighted by Crippen LogP contribution is -2.64. The van der Waals surface area contributed by atoms with Crippen LogP contribution in [0.3, 0.4) is 0 Å². The quantitative estimate of drug-likeness (QED) is 0.0617. The Labute approximate surface area is 494 Å². The highest BCUT2D eigenvalue weighted by Crippen LogP contribution is 2.37. The summed E-state index contributed by atoms with van der Waals surface area (Å²) in [4.78, 5) is 76.0. The number of aromatic amines is 1. The molecule has 0 saturated carbocycles. The molecule has 3 aromatic carbocycles. The number of β-amino-alcohol motifs (C(OH)–C–C–N with tert-alkyl or cyclic N) is 1. The van der Waals surface area contributed by atoms with Crippen LogP contribution in [0.1, 0.15) is 107 Å². The number of likely N-dealkylation sites (tertiary alicyclic amines) is 1. The minimum absolute atomic E-state index is 0.0168. The number of fused-ring (bicyclic) bond motifs is 1. The maximum absolute atomic E-state index is 16.2. The Kier molecular flexibility index (Phi) is 17.9. The predicted molar refractivity (Wildman–Crippen MR) is 317 cm³/mol. The van der Waals surface area contributed by atoms with Gasteiger partial charge in [0.25, 0.3) is 0 Å². The van der Waals surface area contributed by atoms with Crippen LogP contribution in [0.25, 0.3) is 32.6 Å². The number of aliphatic hydroxyl groups excluding tert-OH is 1. The fourth-order valence-corrected chi connectivity index (χ4v) is 14.4. The number of nitrogens with one attached hydrogen (secondary N) is 2. The number of carbonyl (C=O) groups excluding carboxylic acids is 4. The third-order valence-corrected chi connectivity index (χ3v) is 18.6. The van der Waals surface area contributed by atoms with Crippen molar-refractivity contribution in [2.24, 2.45) is 11.3 Å². The average Bonchev–Trinajstić information content (AvgIpc) is 2.08. The molecule has 4 aliphatic heterocycles. The van der Waals surface area contributed by atoms with Gasteiger partial charge in [-0.05, 0) is 105 Å². The lowest BCUT2D eigenvalue weighted by molar-refractivity contribution is -0.175. The molecule has 3 amide bonds. The van der Waals surface area contributed by atoms with Crippen molar-refractivity contribution in [2.75, 3.05) is 61.7 Å². The molecule has 4 aliphatic rings. The Bertz CT molecular complexity index is 3410. The first-order valence-electron chi connectivity index (χ1n) is 28.7. The van der Waals surface area contributed by atoms with Crippen LogP contribution in [0.5, 0.6) is 0 Å². The van der Waals surface area contributed by atoms with Gasteiger partial charge in [0.15, 0.2) is 5.82 Å². The number of hydrazine groups is 2. The predicted octanol–water partition coefficient (Wildman–Crippen LogP) is 8.36.